The average Bonchev–Trinajstić information content (AvgIpc) is 3.35. The van der Waals surface area contributed by atoms with Gasteiger partial charge in [0.15, 0.2) is 0 Å². The van der Waals surface area contributed by atoms with Gasteiger partial charge in [-0.15, -0.1) is 21.5 Å². The van der Waals surface area contributed by atoms with Crippen LogP contribution >= 0.6 is 23.1 Å². The number of hydrogen-bond donors (Lipinski definition) is 1. The Hall–Kier alpha value is -3.15. The number of benzene rings is 2. The van der Waals surface area contributed by atoms with Crippen molar-refractivity contribution in [1.29, 1.82) is 5.26 Å². The molecule has 1 N–H and O–H groups in total. The molecule has 6 nitrogen and oxygen atoms in total. The predicted octanol–water partition coefficient (Wildman–Crippen LogP) is 5.63. The molecule has 2 aromatic heterocycles. The summed E-state index contributed by atoms with van der Waals surface area (Å²) in [6.07, 6.45) is 0. The van der Waals surface area contributed by atoms with E-state index in [1.807, 2.05) is 55.5 Å². The van der Waals surface area contributed by atoms with Gasteiger partial charge < -0.3 is 9.52 Å². The molecule has 0 radical (unpaired) electrons. The van der Waals surface area contributed by atoms with Crippen molar-refractivity contribution in [2.45, 2.75) is 24.3 Å². The van der Waals surface area contributed by atoms with E-state index in [1.165, 1.54) is 23.1 Å². The summed E-state index contributed by atoms with van der Waals surface area (Å²) in [6, 6.07) is 17.5. The van der Waals surface area contributed by atoms with Crippen LogP contribution in [0.3, 0.4) is 0 Å². The van der Waals surface area contributed by atoms with Gasteiger partial charge in [-0.1, -0.05) is 42.1 Å². The smallest absolute Gasteiger partial charge is 0.277 e. The van der Waals surface area contributed by atoms with Gasteiger partial charge in [0.05, 0.1) is 15.5 Å². The first-order valence-electron chi connectivity index (χ1n) is 8.82. The fraction of sp³-hybridized carbons (Fsp3) is 0.143. The van der Waals surface area contributed by atoms with Crippen molar-refractivity contribution < 1.29 is 9.52 Å². The van der Waals surface area contributed by atoms with Gasteiger partial charge in [-0.3, -0.25) is 0 Å². The number of fused-ring (bicyclic) bond motifs is 1. The second-order valence-corrected chi connectivity index (χ2v) is 8.63. The Morgan fingerprint density at radius 1 is 1.17 bits per heavy atom. The van der Waals surface area contributed by atoms with E-state index in [1.54, 1.807) is 6.92 Å². The van der Waals surface area contributed by atoms with Gasteiger partial charge in [0.1, 0.15) is 22.4 Å². The molecule has 1 atom stereocenters. The number of para-hydroxylation sites is 1. The highest BCUT2D eigenvalue weighted by Crippen LogP contribution is 2.34. The third-order valence-electron chi connectivity index (χ3n) is 4.32. The van der Waals surface area contributed by atoms with E-state index in [9.17, 15) is 10.4 Å². The Morgan fingerprint density at radius 3 is 2.69 bits per heavy atom. The predicted molar refractivity (Wildman–Crippen MR) is 115 cm³/mol. The lowest BCUT2D eigenvalue weighted by Crippen LogP contribution is -2.04. The fourth-order valence-electron chi connectivity index (χ4n) is 2.78. The summed E-state index contributed by atoms with van der Waals surface area (Å²) in [5.74, 6) is 0.361. The Bertz CT molecular complexity index is 1220. The van der Waals surface area contributed by atoms with E-state index in [0.717, 1.165) is 21.3 Å². The summed E-state index contributed by atoms with van der Waals surface area (Å²) in [5.41, 5.74) is 2.86. The number of aromatic nitrogens is 3. The molecule has 0 saturated heterocycles. The number of aliphatic hydroxyl groups is 1. The monoisotopic (exact) mass is 420 g/mol. The third-order valence-corrected chi connectivity index (χ3v) is 6.32. The number of nitrogens with zero attached hydrogens (tertiary/aromatic N) is 4. The fourth-order valence-corrected chi connectivity index (χ4v) is 4.50. The lowest BCUT2D eigenvalue weighted by Gasteiger charge is -2.08. The van der Waals surface area contributed by atoms with E-state index in [-0.39, 0.29) is 11.3 Å². The Balaban J connectivity index is 1.59. The minimum absolute atomic E-state index is 0.0628. The van der Waals surface area contributed by atoms with Gasteiger partial charge in [0, 0.05) is 5.56 Å². The van der Waals surface area contributed by atoms with Crippen molar-refractivity contribution in [2.24, 2.45) is 0 Å². The van der Waals surface area contributed by atoms with Crippen LogP contribution in [-0.2, 0) is 0 Å². The zero-order valence-electron chi connectivity index (χ0n) is 15.7. The largest absolute Gasteiger partial charge is 0.510 e. The number of aliphatic hydroxyl groups excluding tert-OH is 1. The van der Waals surface area contributed by atoms with Crippen LogP contribution in [0.2, 0.25) is 0 Å². The van der Waals surface area contributed by atoms with Gasteiger partial charge >= 0.3 is 0 Å². The van der Waals surface area contributed by atoms with Gasteiger partial charge in [0.25, 0.3) is 5.22 Å². The van der Waals surface area contributed by atoms with Crippen molar-refractivity contribution in [3.63, 3.8) is 0 Å². The molecule has 8 heteroatoms. The van der Waals surface area contributed by atoms with Crippen molar-refractivity contribution >= 4 is 38.9 Å². The molecule has 4 rings (SSSR count). The van der Waals surface area contributed by atoms with Crippen LogP contribution in [-0.4, -0.2) is 25.5 Å². The molecule has 0 amide bonds. The normalized spacial score (nSPS) is 13.1. The van der Waals surface area contributed by atoms with E-state index in [2.05, 4.69) is 21.3 Å². The first-order valence-corrected chi connectivity index (χ1v) is 10.5. The highest BCUT2D eigenvalue weighted by Gasteiger charge is 2.22. The van der Waals surface area contributed by atoms with E-state index in [0.29, 0.717) is 16.1 Å². The van der Waals surface area contributed by atoms with E-state index >= 15 is 0 Å². The zero-order valence-corrected chi connectivity index (χ0v) is 17.3. The molecule has 0 saturated carbocycles. The molecule has 2 heterocycles. The number of hydrogen-bond acceptors (Lipinski definition) is 8. The number of nitriles is 1. The number of aryl methyl sites for hydroxylation is 1. The highest BCUT2D eigenvalue weighted by atomic mass is 32.2. The van der Waals surface area contributed by atoms with E-state index in [4.69, 9.17) is 4.42 Å². The molecule has 144 valence electrons. The maximum absolute atomic E-state index is 10.7. The Morgan fingerprint density at radius 2 is 1.93 bits per heavy atom. The number of thioether (sulfide) groups is 1. The summed E-state index contributed by atoms with van der Waals surface area (Å²) in [4.78, 5) is 4.47. The average molecular weight is 421 g/mol. The molecular weight excluding hydrogens is 404 g/mol. The molecule has 0 aliphatic heterocycles. The molecule has 0 bridgehead atoms. The Labute approximate surface area is 175 Å². The first-order chi connectivity index (χ1) is 14.1. The second kappa shape index (κ2) is 8.07. The minimum Gasteiger partial charge on any atom is -0.510 e. The van der Waals surface area contributed by atoms with Crippen LogP contribution in [0, 0.1) is 18.3 Å². The quantitative estimate of drug-likeness (QED) is 0.254. The van der Waals surface area contributed by atoms with Crippen LogP contribution in [0.4, 0.5) is 0 Å². The standard InChI is InChI=1S/C21H16N4O2S2/c1-12-7-3-4-8-14(12)19-24-25-21(27-19)28-13(2)18(26)15(11-22)20-23-16-9-5-6-10-17(16)29-20/h3-10,13,26H,1-2H3/t13-/m0/s1. The summed E-state index contributed by atoms with van der Waals surface area (Å²) in [7, 11) is 0. The van der Waals surface area contributed by atoms with Crippen LogP contribution < -0.4 is 0 Å². The van der Waals surface area contributed by atoms with Crippen molar-refractivity contribution in [3.05, 3.63) is 64.9 Å². The summed E-state index contributed by atoms with van der Waals surface area (Å²) in [5, 5.41) is 28.8. The molecule has 0 aliphatic carbocycles. The maximum atomic E-state index is 10.7. The highest BCUT2D eigenvalue weighted by molar-refractivity contribution is 7.99. The molecular formula is C21H16N4O2S2. The van der Waals surface area contributed by atoms with E-state index < -0.39 is 5.25 Å². The molecule has 2 aromatic carbocycles. The SMILES string of the molecule is Cc1ccccc1-c1nnc(S[C@@H](C)C(O)=C(C#N)c2nc3ccccc3s2)o1. The molecule has 0 spiro atoms. The zero-order chi connectivity index (χ0) is 20.4. The molecule has 29 heavy (non-hydrogen) atoms. The topological polar surface area (TPSA) is 95.8 Å². The third kappa shape index (κ3) is 3.88. The number of allylic oxidation sites excluding steroid dienone is 1. The summed E-state index contributed by atoms with van der Waals surface area (Å²) < 4.78 is 6.71. The van der Waals surface area contributed by atoms with Crippen molar-refractivity contribution in [2.75, 3.05) is 0 Å². The summed E-state index contributed by atoms with van der Waals surface area (Å²) >= 11 is 2.57. The minimum atomic E-state index is -0.457. The first kappa shape index (κ1) is 19.2. The van der Waals surface area contributed by atoms with Gasteiger partial charge in [-0.2, -0.15) is 5.26 Å². The van der Waals surface area contributed by atoms with Crippen molar-refractivity contribution in [1.82, 2.24) is 15.2 Å². The number of rotatable bonds is 5. The van der Waals surface area contributed by atoms with Crippen LogP contribution in [0.5, 0.6) is 0 Å². The van der Waals surface area contributed by atoms with Crippen LogP contribution in [0.15, 0.2) is 63.9 Å². The molecule has 0 unspecified atom stereocenters. The van der Waals surface area contributed by atoms with Crippen LogP contribution in [0.25, 0.3) is 27.2 Å². The Kier molecular flexibility index (Phi) is 5.34. The van der Waals surface area contributed by atoms with Gasteiger partial charge in [-0.25, -0.2) is 4.98 Å². The molecule has 0 fully saturated rings. The lowest BCUT2D eigenvalue weighted by atomic mass is 10.1. The molecule has 0 aliphatic rings. The maximum Gasteiger partial charge on any atom is 0.277 e. The van der Waals surface area contributed by atoms with Crippen LogP contribution in [0.1, 0.15) is 17.5 Å². The van der Waals surface area contributed by atoms with Gasteiger partial charge in [-0.05, 0) is 37.6 Å². The number of thiazole rings is 1. The van der Waals surface area contributed by atoms with Crippen molar-refractivity contribution in [3.8, 4) is 17.5 Å². The second-order valence-electron chi connectivity index (χ2n) is 6.31. The molecule has 4 aromatic rings. The lowest BCUT2D eigenvalue weighted by molar-refractivity contribution is 0.400. The van der Waals surface area contributed by atoms with Gasteiger partial charge in [0.2, 0.25) is 5.89 Å². The summed E-state index contributed by atoms with van der Waals surface area (Å²) in [6.45, 7) is 3.75.